The van der Waals surface area contributed by atoms with Gasteiger partial charge in [0.15, 0.2) is 6.10 Å². The van der Waals surface area contributed by atoms with Crippen LogP contribution in [0, 0.1) is 23.7 Å². The molecule has 2 heterocycles. The molecular formula is C35H46ClF3N2O4S. The Hall–Kier alpha value is -2.30. The minimum atomic E-state index is -4.71. The second kappa shape index (κ2) is 14.9. The van der Waals surface area contributed by atoms with Crippen LogP contribution in [-0.4, -0.2) is 52.4 Å². The van der Waals surface area contributed by atoms with Gasteiger partial charge in [-0.05, 0) is 111 Å². The summed E-state index contributed by atoms with van der Waals surface area (Å²) in [6.45, 7) is 7.23. The highest BCUT2D eigenvalue weighted by atomic mass is 35.5. The van der Waals surface area contributed by atoms with Crippen LogP contribution in [0.4, 0.5) is 18.9 Å². The van der Waals surface area contributed by atoms with Crippen LogP contribution in [0.5, 0.6) is 5.75 Å². The van der Waals surface area contributed by atoms with E-state index in [9.17, 15) is 27.3 Å². The van der Waals surface area contributed by atoms with Crippen LogP contribution >= 0.6 is 11.6 Å². The fourth-order valence-electron chi connectivity index (χ4n) is 7.43. The number of ether oxygens (including phenoxy) is 1. The number of nitrogens with one attached hydrogen (secondary N) is 1. The fourth-order valence-corrected chi connectivity index (χ4v) is 8.67. The number of unbranched alkanes of at least 4 members (excludes halogenated alkanes) is 1. The Morgan fingerprint density at radius 3 is 2.59 bits per heavy atom. The zero-order valence-electron chi connectivity index (χ0n) is 26.8. The smallest absolute Gasteiger partial charge is 0.414 e. The predicted octanol–water partition coefficient (Wildman–Crippen LogP) is 7.83. The minimum absolute atomic E-state index is 0.0516. The van der Waals surface area contributed by atoms with Crippen molar-refractivity contribution in [3.8, 4) is 5.75 Å². The number of aliphatic hydroxyl groups excluding tert-OH is 1. The van der Waals surface area contributed by atoms with E-state index in [0.717, 1.165) is 36.8 Å². The fraction of sp³-hybridized carbons (Fsp3) is 0.629. The molecule has 0 spiro atoms. The predicted molar refractivity (Wildman–Crippen MR) is 177 cm³/mol. The van der Waals surface area contributed by atoms with Crippen molar-refractivity contribution in [1.29, 1.82) is 0 Å². The third kappa shape index (κ3) is 7.87. The number of carbonyl (C=O) groups is 1. The van der Waals surface area contributed by atoms with Gasteiger partial charge in [0.25, 0.3) is 5.91 Å². The van der Waals surface area contributed by atoms with Gasteiger partial charge in [-0.2, -0.15) is 13.2 Å². The number of aliphatic hydroxyl groups is 1. The molecule has 2 N–H and O–H groups in total. The number of amides is 1. The topological polar surface area (TPSA) is 78.9 Å². The maximum Gasteiger partial charge on any atom is 0.414 e. The Morgan fingerprint density at radius 2 is 1.89 bits per heavy atom. The third-order valence-corrected chi connectivity index (χ3v) is 12.3. The summed E-state index contributed by atoms with van der Waals surface area (Å²) < 4.78 is 64.2. The summed E-state index contributed by atoms with van der Waals surface area (Å²) in [6.07, 6.45) is -1.55. The molecule has 5 rings (SSSR count). The molecule has 2 aromatic carbocycles. The molecule has 46 heavy (non-hydrogen) atoms. The summed E-state index contributed by atoms with van der Waals surface area (Å²) in [5.41, 5.74) is 3.32. The van der Waals surface area contributed by atoms with Crippen molar-refractivity contribution in [2.24, 2.45) is 23.7 Å². The summed E-state index contributed by atoms with van der Waals surface area (Å²) in [4.78, 5) is 15.5. The van der Waals surface area contributed by atoms with E-state index in [4.69, 9.17) is 16.3 Å². The summed E-state index contributed by atoms with van der Waals surface area (Å²) in [6, 6.07) is 11.1. The number of aryl methyl sites for hydroxylation is 1. The number of alkyl halides is 3. The average molecular weight is 683 g/mol. The van der Waals surface area contributed by atoms with Crippen molar-refractivity contribution in [3.05, 3.63) is 58.1 Å². The molecule has 8 unspecified atom stereocenters. The number of nitrogens with zero attached hydrogens (tertiary/aromatic N) is 1. The summed E-state index contributed by atoms with van der Waals surface area (Å²) >= 11 is 6.41. The number of hydrogen-bond donors (Lipinski definition) is 2. The molecule has 3 aliphatic rings. The van der Waals surface area contributed by atoms with E-state index in [1.165, 1.54) is 0 Å². The van der Waals surface area contributed by atoms with Gasteiger partial charge >= 0.3 is 6.18 Å². The third-order valence-electron chi connectivity index (χ3n) is 10.5. The molecule has 1 amide bonds. The van der Waals surface area contributed by atoms with Crippen molar-refractivity contribution in [2.75, 3.05) is 24.6 Å². The van der Waals surface area contributed by atoms with E-state index in [0.29, 0.717) is 61.0 Å². The molecule has 254 valence electrons. The first kappa shape index (κ1) is 35.0. The SMILES string of the molecule is CCCCc1cc(Cl)ccc1C1COc2ccc3cc2N(C1)CC1CCC1C(C(O)C(F)(F)F)CCCC(C)C(C)S(=O)NC3=O. The van der Waals surface area contributed by atoms with Crippen LogP contribution in [0.25, 0.3) is 0 Å². The van der Waals surface area contributed by atoms with Gasteiger partial charge in [-0.1, -0.05) is 44.4 Å². The van der Waals surface area contributed by atoms with Crippen molar-refractivity contribution in [2.45, 2.75) is 95.6 Å². The van der Waals surface area contributed by atoms with Crippen molar-refractivity contribution < 1.29 is 32.0 Å². The Labute approximate surface area is 278 Å². The number of benzene rings is 2. The van der Waals surface area contributed by atoms with Gasteiger partial charge in [0.05, 0.1) is 17.5 Å². The molecule has 1 saturated carbocycles. The Morgan fingerprint density at radius 1 is 1.11 bits per heavy atom. The Balaban J connectivity index is 1.54. The van der Waals surface area contributed by atoms with Gasteiger partial charge < -0.3 is 14.7 Å². The van der Waals surface area contributed by atoms with Crippen LogP contribution < -0.4 is 14.4 Å². The zero-order valence-corrected chi connectivity index (χ0v) is 28.4. The van der Waals surface area contributed by atoms with Gasteiger partial charge in [-0.25, -0.2) is 4.21 Å². The van der Waals surface area contributed by atoms with E-state index in [-0.39, 0.29) is 30.1 Å². The Bertz CT molecular complexity index is 1410. The van der Waals surface area contributed by atoms with E-state index in [1.54, 1.807) is 25.1 Å². The van der Waals surface area contributed by atoms with Gasteiger partial charge in [0.2, 0.25) is 0 Å². The minimum Gasteiger partial charge on any atom is -0.491 e. The Kier molecular flexibility index (Phi) is 11.3. The molecule has 1 aliphatic carbocycles. The largest absolute Gasteiger partial charge is 0.491 e. The highest BCUT2D eigenvalue weighted by Gasteiger charge is 2.50. The van der Waals surface area contributed by atoms with Gasteiger partial charge in [0, 0.05) is 29.6 Å². The lowest BCUT2D eigenvalue weighted by Crippen LogP contribution is -2.48. The van der Waals surface area contributed by atoms with Crippen molar-refractivity contribution in [3.63, 3.8) is 0 Å². The standard InChI is InChI=1S/C35H46ClF3N2O4S/c1-4-5-8-23-16-27(36)12-14-28(23)26-19-41-18-25-10-13-29(25)30(33(42)35(37,38)39)9-6-7-21(2)22(3)46(44)40-34(43)24-11-15-32(45-20-26)31(41)17-24/h11-12,14-17,21-22,25-26,29-30,33,42H,4-10,13,18-20H2,1-3H3,(H,40,43). The second-order valence-corrected chi connectivity index (χ2v) is 15.5. The normalized spacial score (nSPS) is 29.9. The van der Waals surface area contributed by atoms with Crippen LogP contribution in [0.2, 0.25) is 5.02 Å². The molecule has 11 heteroatoms. The average Bonchev–Trinajstić information content (AvgIpc) is 3.18. The maximum atomic E-state index is 14.0. The molecule has 1 fully saturated rings. The number of fused-ring (bicyclic) bond motifs is 2. The molecule has 6 nitrogen and oxygen atoms in total. The number of carbonyl (C=O) groups excluding carboxylic acids is 1. The lowest BCUT2D eigenvalue weighted by Gasteiger charge is -2.46. The van der Waals surface area contributed by atoms with E-state index in [1.807, 2.05) is 25.1 Å². The molecule has 8 atom stereocenters. The maximum absolute atomic E-state index is 14.0. The lowest BCUT2D eigenvalue weighted by atomic mass is 9.63. The second-order valence-electron chi connectivity index (χ2n) is 13.5. The summed E-state index contributed by atoms with van der Waals surface area (Å²) in [5.74, 6) is -1.27. The van der Waals surface area contributed by atoms with Crippen molar-refractivity contribution in [1.82, 2.24) is 4.72 Å². The monoisotopic (exact) mass is 682 g/mol. The lowest BCUT2D eigenvalue weighted by molar-refractivity contribution is -0.231. The number of rotatable bonds is 5. The van der Waals surface area contributed by atoms with Gasteiger partial charge in [-0.3, -0.25) is 9.52 Å². The summed E-state index contributed by atoms with van der Waals surface area (Å²) in [5, 5.41) is 10.9. The molecule has 0 aromatic heterocycles. The molecule has 2 bridgehead atoms. The van der Waals surface area contributed by atoms with Crippen LogP contribution in [0.15, 0.2) is 36.4 Å². The first-order valence-electron chi connectivity index (χ1n) is 16.6. The molecule has 2 aromatic rings. The van der Waals surface area contributed by atoms with E-state index >= 15 is 0 Å². The molecule has 0 radical (unpaired) electrons. The number of halogens is 4. The summed E-state index contributed by atoms with van der Waals surface area (Å²) in [7, 11) is -1.69. The first-order valence-corrected chi connectivity index (χ1v) is 18.2. The van der Waals surface area contributed by atoms with E-state index < -0.39 is 40.3 Å². The van der Waals surface area contributed by atoms with Crippen molar-refractivity contribution >= 4 is 34.2 Å². The van der Waals surface area contributed by atoms with Crippen LogP contribution in [-0.2, 0) is 17.4 Å². The van der Waals surface area contributed by atoms with Gasteiger partial charge in [0.1, 0.15) is 16.7 Å². The number of hydrogen-bond acceptors (Lipinski definition) is 5. The molecule has 0 saturated heterocycles. The number of anilines is 1. The quantitative estimate of drug-likeness (QED) is 0.336. The van der Waals surface area contributed by atoms with E-state index in [2.05, 4.69) is 16.5 Å². The van der Waals surface area contributed by atoms with Gasteiger partial charge in [-0.15, -0.1) is 0 Å². The van der Waals surface area contributed by atoms with Crippen LogP contribution in [0.1, 0.15) is 93.1 Å². The highest BCUT2D eigenvalue weighted by Crippen LogP contribution is 2.48. The first-order chi connectivity index (χ1) is 21.9. The van der Waals surface area contributed by atoms with Crippen LogP contribution in [0.3, 0.4) is 0 Å². The molecule has 2 aliphatic heterocycles. The highest BCUT2D eigenvalue weighted by molar-refractivity contribution is 7.84. The molecular weight excluding hydrogens is 637 g/mol. The zero-order chi connectivity index (χ0) is 33.2.